The van der Waals surface area contributed by atoms with Gasteiger partial charge >= 0.3 is 5.97 Å². The van der Waals surface area contributed by atoms with Crippen molar-refractivity contribution in [3.8, 4) is 0 Å². The standard InChI is InChI=1S/C15H25NO4/c1-9-10(2)20-11(3)13(9)14(17)16-8-6-5-7-12(16)15(18)19-4/h9-13H,5-8H2,1-4H3/t9?,10?,11?,12-,13?/m1/s1. The Kier molecular flexibility index (Phi) is 4.68. The van der Waals surface area contributed by atoms with E-state index in [0.717, 1.165) is 12.8 Å². The summed E-state index contributed by atoms with van der Waals surface area (Å²) in [6.07, 6.45) is 2.61. The number of carbonyl (C=O) groups excluding carboxylic acids is 2. The number of amides is 1. The molecule has 1 amide bonds. The van der Waals surface area contributed by atoms with Crippen LogP contribution in [0.4, 0.5) is 0 Å². The molecule has 114 valence electrons. The smallest absolute Gasteiger partial charge is 0.328 e. The molecule has 0 spiro atoms. The minimum absolute atomic E-state index is 0.0458. The van der Waals surface area contributed by atoms with Crippen molar-refractivity contribution in [1.82, 2.24) is 4.90 Å². The van der Waals surface area contributed by atoms with E-state index in [1.807, 2.05) is 20.8 Å². The van der Waals surface area contributed by atoms with Crippen LogP contribution in [0.2, 0.25) is 0 Å². The Hall–Kier alpha value is -1.10. The minimum atomic E-state index is -0.420. The van der Waals surface area contributed by atoms with Crippen LogP contribution in [0.25, 0.3) is 0 Å². The van der Waals surface area contributed by atoms with Crippen LogP contribution in [0.3, 0.4) is 0 Å². The van der Waals surface area contributed by atoms with Gasteiger partial charge in [0, 0.05) is 6.54 Å². The zero-order chi connectivity index (χ0) is 14.9. The molecule has 5 atom stereocenters. The first-order valence-corrected chi connectivity index (χ1v) is 7.51. The first-order valence-electron chi connectivity index (χ1n) is 7.51. The topological polar surface area (TPSA) is 55.8 Å². The Labute approximate surface area is 120 Å². The van der Waals surface area contributed by atoms with Crippen LogP contribution in [0.1, 0.15) is 40.0 Å². The van der Waals surface area contributed by atoms with E-state index in [-0.39, 0.29) is 35.9 Å². The van der Waals surface area contributed by atoms with Crippen molar-refractivity contribution in [2.24, 2.45) is 11.8 Å². The Morgan fingerprint density at radius 1 is 1.15 bits per heavy atom. The molecule has 0 aliphatic carbocycles. The maximum Gasteiger partial charge on any atom is 0.328 e. The summed E-state index contributed by atoms with van der Waals surface area (Å²) in [5.74, 6) is -0.234. The zero-order valence-electron chi connectivity index (χ0n) is 12.8. The lowest BCUT2D eigenvalue weighted by atomic mass is 9.87. The molecule has 2 rings (SSSR count). The quantitative estimate of drug-likeness (QED) is 0.722. The summed E-state index contributed by atoms with van der Waals surface area (Å²) in [5, 5.41) is 0. The molecule has 2 aliphatic rings. The Bertz CT molecular complexity index is 384. The van der Waals surface area contributed by atoms with Crippen molar-refractivity contribution in [1.29, 1.82) is 0 Å². The highest BCUT2D eigenvalue weighted by Gasteiger charge is 2.45. The van der Waals surface area contributed by atoms with Crippen molar-refractivity contribution in [3.05, 3.63) is 0 Å². The lowest BCUT2D eigenvalue weighted by Gasteiger charge is -2.36. The maximum atomic E-state index is 12.8. The zero-order valence-corrected chi connectivity index (χ0v) is 12.8. The maximum absolute atomic E-state index is 12.8. The second-order valence-electron chi connectivity index (χ2n) is 6.00. The highest BCUT2D eigenvalue weighted by atomic mass is 16.5. The number of rotatable bonds is 2. The van der Waals surface area contributed by atoms with E-state index in [2.05, 4.69) is 0 Å². The first kappa shape index (κ1) is 15.3. The Morgan fingerprint density at radius 3 is 2.40 bits per heavy atom. The van der Waals surface area contributed by atoms with Crippen LogP contribution in [-0.4, -0.2) is 48.7 Å². The van der Waals surface area contributed by atoms with Gasteiger partial charge in [-0.2, -0.15) is 0 Å². The predicted octanol–water partition coefficient (Wildman–Crippen LogP) is 1.60. The molecule has 5 nitrogen and oxygen atoms in total. The molecule has 0 bridgehead atoms. The van der Waals surface area contributed by atoms with Gasteiger partial charge < -0.3 is 14.4 Å². The Morgan fingerprint density at radius 2 is 1.85 bits per heavy atom. The number of hydrogen-bond donors (Lipinski definition) is 0. The molecule has 0 saturated carbocycles. The highest BCUT2D eigenvalue weighted by Crippen LogP contribution is 2.35. The fraction of sp³-hybridized carbons (Fsp3) is 0.867. The molecule has 20 heavy (non-hydrogen) atoms. The molecule has 2 fully saturated rings. The molecular formula is C15H25NO4. The molecule has 0 aromatic heterocycles. The van der Waals surface area contributed by atoms with Gasteiger partial charge in [-0.05, 0) is 39.0 Å². The second kappa shape index (κ2) is 6.12. The normalized spacial score (nSPS) is 37.8. The number of methoxy groups -OCH3 is 1. The monoisotopic (exact) mass is 283 g/mol. The van der Waals surface area contributed by atoms with E-state index in [0.29, 0.717) is 13.0 Å². The van der Waals surface area contributed by atoms with Gasteiger partial charge in [0.1, 0.15) is 6.04 Å². The number of hydrogen-bond acceptors (Lipinski definition) is 4. The van der Waals surface area contributed by atoms with Crippen molar-refractivity contribution in [2.45, 2.75) is 58.3 Å². The van der Waals surface area contributed by atoms with Crippen molar-refractivity contribution in [2.75, 3.05) is 13.7 Å². The number of esters is 1. The molecule has 2 saturated heterocycles. The van der Waals surface area contributed by atoms with E-state index < -0.39 is 6.04 Å². The Balaban J connectivity index is 2.15. The van der Waals surface area contributed by atoms with Crippen molar-refractivity contribution >= 4 is 11.9 Å². The van der Waals surface area contributed by atoms with Crippen LogP contribution in [0.5, 0.6) is 0 Å². The van der Waals surface area contributed by atoms with Crippen LogP contribution < -0.4 is 0 Å². The van der Waals surface area contributed by atoms with E-state index in [9.17, 15) is 9.59 Å². The molecule has 2 heterocycles. The van der Waals surface area contributed by atoms with Crippen molar-refractivity contribution < 1.29 is 19.1 Å². The van der Waals surface area contributed by atoms with Gasteiger partial charge in [0.15, 0.2) is 0 Å². The van der Waals surface area contributed by atoms with Crippen LogP contribution in [0, 0.1) is 11.8 Å². The van der Waals surface area contributed by atoms with Gasteiger partial charge in [-0.3, -0.25) is 4.79 Å². The van der Waals surface area contributed by atoms with Gasteiger partial charge in [-0.25, -0.2) is 4.79 Å². The highest BCUT2D eigenvalue weighted by molar-refractivity contribution is 5.86. The SMILES string of the molecule is COC(=O)[C@H]1CCCCN1C(=O)C1C(C)OC(C)C1C. The van der Waals surface area contributed by atoms with Crippen LogP contribution >= 0.6 is 0 Å². The lowest BCUT2D eigenvalue weighted by molar-refractivity contribution is -0.157. The molecule has 0 N–H and O–H groups in total. The summed E-state index contributed by atoms with van der Waals surface area (Å²) in [7, 11) is 1.38. The number of likely N-dealkylation sites (tertiary alicyclic amines) is 1. The second-order valence-corrected chi connectivity index (χ2v) is 6.00. The van der Waals surface area contributed by atoms with Crippen LogP contribution in [-0.2, 0) is 19.1 Å². The third kappa shape index (κ3) is 2.68. The molecular weight excluding hydrogens is 258 g/mol. The van der Waals surface area contributed by atoms with E-state index in [1.54, 1.807) is 4.90 Å². The van der Waals surface area contributed by atoms with Gasteiger partial charge in [-0.1, -0.05) is 6.92 Å². The first-order chi connectivity index (χ1) is 9.47. The molecule has 2 aliphatic heterocycles. The largest absolute Gasteiger partial charge is 0.467 e. The average molecular weight is 283 g/mol. The van der Waals surface area contributed by atoms with E-state index in [1.165, 1.54) is 7.11 Å². The molecule has 0 aromatic rings. The third-order valence-electron chi connectivity index (χ3n) is 4.79. The molecule has 5 heteroatoms. The third-order valence-corrected chi connectivity index (χ3v) is 4.79. The predicted molar refractivity (Wildman–Crippen MR) is 74.0 cm³/mol. The summed E-state index contributed by atoms with van der Waals surface area (Å²) in [5.41, 5.74) is 0. The molecule has 0 radical (unpaired) electrons. The fourth-order valence-corrected chi connectivity index (χ4v) is 3.46. The van der Waals surface area contributed by atoms with Crippen LogP contribution in [0.15, 0.2) is 0 Å². The van der Waals surface area contributed by atoms with E-state index in [4.69, 9.17) is 9.47 Å². The van der Waals surface area contributed by atoms with Crippen molar-refractivity contribution in [3.63, 3.8) is 0 Å². The summed E-state index contributed by atoms with van der Waals surface area (Å²) in [6, 6.07) is -0.420. The fourth-order valence-electron chi connectivity index (χ4n) is 3.46. The summed E-state index contributed by atoms with van der Waals surface area (Å²) in [6.45, 7) is 6.64. The minimum Gasteiger partial charge on any atom is -0.467 e. The lowest BCUT2D eigenvalue weighted by Crippen LogP contribution is -2.52. The van der Waals surface area contributed by atoms with Gasteiger partial charge in [-0.15, -0.1) is 0 Å². The van der Waals surface area contributed by atoms with E-state index >= 15 is 0 Å². The number of ether oxygens (including phenoxy) is 2. The van der Waals surface area contributed by atoms with Gasteiger partial charge in [0.05, 0.1) is 25.2 Å². The number of carbonyl (C=O) groups is 2. The number of nitrogens with zero attached hydrogens (tertiary/aromatic N) is 1. The average Bonchev–Trinajstić information content (AvgIpc) is 2.70. The summed E-state index contributed by atoms with van der Waals surface area (Å²) >= 11 is 0. The summed E-state index contributed by atoms with van der Waals surface area (Å²) < 4.78 is 10.6. The number of piperidine rings is 1. The van der Waals surface area contributed by atoms with Gasteiger partial charge in [0.25, 0.3) is 0 Å². The molecule has 4 unspecified atom stereocenters. The molecule has 0 aromatic carbocycles. The van der Waals surface area contributed by atoms with Gasteiger partial charge in [0.2, 0.25) is 5.91 Å². The summed E-state index contributed by atoms with van der Waals surface area (Å²) in [4.78, 5) is 26.4.